The highest BCUT2D eigenvalue weighted by molar-refractivity contribution is 7.92. The van der Waals surface area contributed by atoms with Crippen LogP contribution < -0.4 is 9.62 Å². The Morgan fingerprint density at radius 3 is 2.12 bits per heavy atom. The number of carbonyl (C=O) groups excluding carboxylic acids is 2. The molecule has 0 spiro atoms. The average Bonchev–Trinajstić information content (AvgIpc) is 2.98. The molecule has 0 aliphatic heterocycles. The normalized spacial score (nSPS) is 14.6. The summed E-state index contributed by atoms with van der Waals surface area (Å²) in [6.45, 7) is 5.25. The Morgan fingerprint density at radius 2 is 1.51 bits per heavy atom. The highest BCUT2D eigenvalue weighted by Gasteiger charge is 2.35. The van der Waals surface area contributed by atoms with Gasteiger partial charge in [-0.25, -0.2) is 8.42 Å². The smallest absolute Gasteiger partial charge is 0.264 e. The van der Waals surface area contributed by atoms with Crippen molar-refractivity contribution >= 4 is 50.7 Å². The second-order valence-corrected chi connectivity index (χ2v) is 13.9. The summed E-state index contributed by atoms with van der Waals surface area (Å²) in [5.74, 6) is -0.762. The van der Waals surface area contributed by atoms with Crippen LogP contribution in [0.25, 0.3) is 0 Å². The maximum atomic E-state index is 14.3. The van der Waals surface area contributed by atoms with Crippen LogP contribution in [0.3, 0.4) is 0 Å². The average molecular weight is 645 g/mol. The number of carbonyl (C=O) groups is 2. The minimum atomic E-state index is -4.25. The molecule has 1 saturated carbocycles. The summed E-state index contributed by atoms with van der Waals surface area (Å²) in [5.41, 5.74) is 2.87. The van der Waals surface area contributed by atoms with Crippen LogP contribution in [0.5, 0.6) is 0 Å². The van der Waals surface area contributed by atoms with Gasteiger partial charge >= 0.3 is 0 Å². The molecule has 0 bridgehead atoms. The molecule has 1 aliphatic carbocycles. The molecule has 0 saturated heterocycles. The zero-order valence-corrected chi connectivity index (χ0v) is 27.2. The molecule has 3 aromatic rings. The number of benzene rings is 3. The zero-order valence-electron chi connectivity index (χ0n) is 24.9. The van der Waals surface area contributed by atoms with E-state index >= 15 is 0 Å². The Morgan fingerprint density at radius 1 is 0.907 bits per heavy atom. The number of nitrogens with one attached hydrogen (secondary N) is 1. The first-order chi connectivity index (χ1) is 20.5. The Hall–Kier alpha value is -3.07. The van der Waals surface area contributed by atoms with Gasteiger partial charge in [-0.15, -0.1) is 0 Å². The molecule has 43 heavy (non-hydrogen) atoms. The van der Waals surface area contributed by atoms with Gasteiger partial charge in [-0.3, -0.25) is 13.9 Å². The van der Waals surface area contributed by atoms with Gasteiger partial charge < -0.3 is 10.2 Å². The van der Waals surface area contributed by atoms with Crippen molar-refractivity contribution in [2.75, 3.05) is 10.8 Å². The van der Waals surface area contributed by atoms with Crippen molar-refractivity contribution < 1.29 is 18.0 Å². The van der Waals surface area contributed by atoms with E-state index in [-0.39, 0.29) is 39.1 Å². The first kappa shape index (κ1) is 32.8. The number of hydrogen-bond acceptors (Lipinski definition) is 4. The van der Waals surface area contributed by atoms with Crippen molar-refractivity contribution in [3.8, 4) is 0 Å². The van der Waals surface area contributed by atoms with Crippen LogP contribution in [0.15, 0.2) is 71.6 Å². The van der Waals surface area contributed by atoms with Gasteiger partial charge in [0.1, 0.15) is 12.6 Å². The van der Waals surface area contributed by atoms with Crippen LogP contribution in [-0.4, -0.2) is 43.8 Å². The molecule has 7 nitrogen and oxygen atoms in total. The highest BCUT2D eigenvalue weighted by Crippen LogP contribution is 2.33. The third kappa shape index (κ3) is 8.31. The first-order valence-corrected chi connectivity index (χ1v) is 16.9. The molecule has 1 N–H and O–H groups in total. The van der Waals surface area contributed by atoms with Gasteiger partial charge in [0, 0.05) is 17.6 Å². The summed E-state index contributed by atoms with van der Waals surface area (Å²) in [6.07, 6.45) is 5.44. The number of rotatable bonds is 11. The molecule has 1 fully saturated rings. The number of sulfonamides is 1. The first-order valence-electron chi connectivity index (χ1n) is 14.7. The third-order valence-electron chi connectivity index (χ3n) is 7.88. The Kier molecular flexibility index (Phi) is 11.2. The number of amides is 2. The van der Waals surface area contributed by atoms with E-state index in [0.29, 0.717) is 6.42 Å². The Balaban J connectivity index is 1.73. The van der Waals surface area contributed by atoms with Crippen molar-refractivity contribution in [2.45, 2.75) is 82.8 Å². The van der Waals surface area contributed by atoms with Gasteiger partial charge in [0.15, 0.2) is 0 Å². The Labute approximate surface area is 265 Å². The molecule has 1 aliphatic rings. The van der Waals surface area contributed by atoms with Crippen LogP contribution in [0, 0.1) is 13.8 Å². The van der Waals surface area contributed by atoms with Crippen molar-refractivity contribution in [2.24, 2.45) is 0 Å². The number of nitrogens with zero attached hydrogens (tertiary/aromatic N) is 2. The summed E-state index contributed by atoms with van der Waals surface area (Å²) >= 11 is 12.8. The third-order valence-corrected chi connectivity index (χ3v) is 10.2. The van der Waals surface area contributed by atoms with Crippen molar-refractivity contribution in [3.05, 3.63) is 93.5 Å². The molecule has 4 rings (SSSR count). The van der Waals surface area contributed by atoms with Crippen molar-refractivity contribution in [1.82, 2.24) is 10.2 Å². The monoisotopic (exact) mass is 643 g/mol. The largest absolute Gasteiger partial charge is 0.352 e. The van der Waals surface area contributed by atoms with E-state index in [0.717, 1.165) is 53.1 Å². The van der Waals surface area contributed by atoms with E-state index in [1.807, 2.05) is 45.0 Å². The maximum absolute atomic E-state index is 14.3. The zero-order chi connectivity index (χ0) is 31.1. The molecule has 10 heteroatoms. The van der Waals surface area contributed by atoms with E-state index in [1.165, 1.54) is 29.2 Å². The topological polar surface area (TPSA) is 86.8 Å². The van der Waals surface area contributed by atoms with E-state index < -0.39 is 28.5 Å². The van der Waals surface area contributed by atoms with E-state index in [4.69, 9.17) is 23.2 Å². The lowest BCUT2D eigenvalue weighted by Crippen LogP contribution is -2.54. The number of anilines is 1. The second kappa shape index (κ2) is 14.6. The van der Waals surface area contributed by atoms with Crippen LogP contribution in [0.2, 0.25) is 10.0 Å². The molecule has 3 aromatic carbocycles. The van der Waals surface area contributed by atoms with Crippen LogP contribution in [0.4, 0.5) is 5.69 Å². The molecule has 1 atom stereocenters. The van der Waals surface area contributed by atoms with Gasteiger partial charge in [0.05, 0.1) is 15.6 Å². The fraction of sp³-hybridized carbons (Fsp3) is 0.394. The molecular formula is C33H39Cl2N3O4S. The molecule has 0 heterocycles. The number of hydrogen-bond donors (Lipinski definition) is 1. The standard InChI is InChI=1S/C33H39Cl2N3O4S/c1-4-30(33(40)36-27-8-6-5-7-9-27)37(21-25-14-10-23(2)11-15-25)32(39)22-38(31-20-26(34)16-19-29(31)35)43(41,42)28-17-12-24(3)13-18-28/h10-20,27,30H,4-9,21-22H2,1-3H3,(H,36,40)/t30-/m0/s1. The van der Waals surface area contributed by atoms with E-state index in [1.54, 1.807) is 18.2 Å². The predicted octanol–water partition coefficient (Wildman–Crippen LogP) is 7.06. The highest BCUT2D eigenvalue weighted by atomic mass is 35.5. The van der Waals surface area contributed by atoms with E-state index in [2.05, 4.69) is 5.32 Å². The second-order valence-electron chi connectivity index (χ2n) is 11.2. The summed E-state index contributed by atoms with van der Waals surface area (Å²) in [7, 11) is -4.25. The fourth-order valence-corrected chi connectivity index (χ4v) is 7.24. The van der Waals surface area contributed by atoms with Crippen LogP contribution in [0.1, 0.15) is 62.1 Å². The molecule has 2 amide bonds. The molecular weight excluding hydrogens is 605 g/mol. The van der Waals surface area contributed by atoms with Gasteiger partial charge in [-0.2, -0.15) is 0 Å². The lowest BCUT2D eigenvalue weighted by molar-refractivity contribution is -0.140. The summed E-state index contributed by atoms with van der Waals surface area (Å²) in [5, 5.41) is 3.55. The SMILES string of the molecule is CC[C@@H](C(=O)NC1CCCCC1)N(Cc1ccc(C)cc1)C(=O)CN(c1cc(Cl)ccc1Cl)S(=O)(=O)c1ccc(C)cc1. The van der Waals surface area contributed by atoms with Crippen molar-refractivity contribution in [3.63, 3.8) is 0 Å². The fourth-order valence-electron chi connectivity index (χ4n) is 5.38. The lowest BCUT2D eigenvalue weighted by Gasteiger charge is -2.34. The van der Waals surface area contributed by atoms with Gasteiger partial charge in [-0.1, -0.05) is 96.9 Å². The lowest BCUT2D eigenvalue weighted by atomic mass is 9.95. The molecule has 0 aromatic heterocycles. The van der Waals surface area contributed by atoms with Gasteiger partial charge in [0.25, 0.3) is 10.0 Å². The quantitative estimate of drug-likeness (QED) is 0.242. The molecule has 0 radical (unpaired) electrons. The maximum Gasteiger partial charge on any atom is 0.264 e. The molecule has 230 valence electrons. The minimum absolute atomic E-state index is 0.00844. The van der Waals surface area contributed by atoms with Gasteiger partial charge in [0.2, 0.25) is 11.8 Å². The van der Waals surface area contributed by atoms with Crippen LogP contribution >= 0.6 is 23.2 Å². The summed E-state index contributed by atoms with van der Waals surface area (Å²) < 4.78 is 29.1. The minimum Gasteiger partial charge on any atom is -0.352 e. The number of aryl methyl sites for hydroxylation is 2. The van der Waals surface area contributed by atoms with Gasteiger partial charge in [-0.05, 0) is 69.0 Å². The van der Waals surface area contributed by atoms with Crippen molar-refractivity contribution in [1.29, 1.82) is 0 Å². The summed E-state index contributed by atoms with van der Waals surface area (Å²) in [6, 6.07) is 17.8. The van der Waals surface area contributed by atoms with Crippen LogP contribution in [-0.2, 0) is 26.2 Å². The molecule has 0 unspecified atom stereocenters. The number of halogens is 2. The summed E-state index contributed by atoms with van der Waals surface area (Å²) in [4.78, 5) is 29.4. The Bertz CT molecular complexity index is 1520. The predicted molar refractivity (Wildman–Crippen MR) is 173 cm³/mol. The van der Waals surface area contributed by atoms with E-state index in [9.17, 15) is 18.0 Å².